The lowest BCUT2D eigenvalue weighted by atomic mass is 10.2. The van der Waals surface area contributed by atoms with E-state index in [1.165, 1.54) is 6.92 Å². The normalized spacial score (nSPS) is 9.86. The van der Waals surface area contributed by atoms with E-state index in [-0.39, 0.29) is 5.91 Å². The van der Waals surface area contributed by atoms with Gasteiger partial charge in [0.2, 0.25) is 5.91 Å². The topological polar surface area (TPSA) is 85.4 Å². The largest absolute Gasteiger partial charge is 0.497 e. The molecule has 2 N–H and O–H groups in total. The third-order valence-corrected chi connectivity index (χ3v) is 2.64. The highest BCUT2D eigenvalue weighted by atomic mass is 16.5. The number of amides is 1. The SMILES string of the molecule is COc1ccc(Nc2ccc(NC(C)=O)nn2)c(OC)c1. The summed E-state index contributed by atoms with van der Waals surface area (Å²) in [6, 6.07) is 8.77. The lowest BCUT2D eigenvalue weighted by Gasteiger charge is -2.11. The number of nitrogens with one attached hydrogen (secondary N) is 2. The van der Waals surface area contributed by atoms with Crippen LogP contribution in [0.4, 0.5) is 17.3 Å². The molecule has 0 fully saturated rings. The Morgan fingerprint density at radius 1 is 1.05 bits per heavy atom. The van der Waals surface area contributed by atoms with E-state index in [1.807, 2.05) is 12.1 Å². The Kier molecular flexibility index (Phi) is 4.55. The number of carbonyl (C=O) groups excluding carboxylic acids is 1. The molecule has 0 spiro atoms. The number of benzene rings is 1. The zero-order valence-electron chi connectivity index (χ0n) is 12.0. The molecule has 1 aromatic heterocycles. The van der Waals surface area contributed by atoms with Crippen molar-refractivity contribution in [1.29, 1.82) is 0 Å². The molecule has 21 heavy (non-hydrogen) atoms. The molecule has 1 aromatic carbocycles. The molecule has 0 aliphatic carbocycles. The molecule has 0 aliphatic heterocycles. The smallest absolute Gasteiger partial charge is 0.222 e. The van der Waals surface area contributed by atoms with Gasteiger partial charge in [0.05, 0.1) is 19.9 Å². The Balaban J connectivity index is 2.16. The van der Waals surface area contributed by atoms with E-state index in [9.17, 15) is 4.79 Å². The van der Waals surface area contributed by atoms with Gasteiger partial charge in [0.1, 0.15) is 11.5 Å². The first-order chi connectivity index (χ1) is 10.1. The molecule has 0 unspecified atom stereocenters. The summed E-state index contributed by atoms with van der Waals surface area (Å²) in [6.45, 7) is 1.41. The summed E-state index contributed by atoms with van der Waals surface area (Å²) < 4.78 is 10.4. The standard InChI is InChI=1S/C14H16N4O3/c1-9(19)15-13-6-7-14(18-17-13)16-11-5-4-10(20-2)8-12(11)21-3/h4-8H,1-3H3,(H,16,18)(H,15,17,19). The van der Waals surface area contributed by atoms with Crippen LogP contribution < -0.4 is 20.1 Å². The van der Waals surface area contributed by atoms with E-state index < -0.39 is 0 Å². The van der Waals surface area contributed by atoms with E-state index in [0.29, 0.717) is 23.1 Å². The number of rotatable bonds is 5. The predicted molar refractivity (Wildman–Crippen MR) is 79.2 cm³/mol. The molecular formula is C14H16N4O3. The van der Waals surface area contributed by atoms with Crippen LogP contribution in [0.1, 0.15) is 6.92 Å². The Labute approximate surface area is 122 Å². The van der Waals surface area contributed by atoms with E-state index in [4.69, 9.17) is 9.47 Å². The quantitative estimate of drug-likeness (QED) is 0.877. The van der Waals surface area contributed by atoms with E-state index in [2.05, 4.69) is 20.8 Å². The number of aromatic nitrogens is 2. The molecule has 0 radical (unpaired) electrons. The maximum absolute atomic E-state index is 10.9. The van der Waals surface area contributed by atoms with Crippen LogP contribution in [0.3, 0.4) is 0 Å². The number of carbonyl (C=O) groups is 1. The van der Waals surface area contributed by atoms with Crippen LogP contribution >= 0.6 is 0 Å². The first kappa shape index (κ1) is 14.6. The van der Waals surface area contributed by atoms with Crippen molar-refractivity contribution in [2.75, 3.05) is 24.9 Å². The van der Waals surface area contributed by atoms with Crippen molar-refractivity contribution >= 4 is 23.2 Å². The minimum atomic E-state index is -0.193. The minimum absolute atomic E-state index is 0.193. The summed E-state index contributed by atoms with van der Waals surface area (Å²) in [6.07, 6.45) is 0. The number of hydrogen-bond donors (Lipinski definition) is 2. The molecule has 0 aliphatic rings. The summed E-state index contributed by atoms with van der Waals surface area (Å²) in [4.78, 5) is 10.9. The van der Waals surface area contributed by atoms with Gasteiger partial charge in [-0.15, -0.1) is 10.2 Å². The van der Waals surface area contributed by atoms with Crippen molar-refractivity contribution in [3.8, 4) is 11.5 Å². The third kappa shape index (κ3) is 3.82. The number of nitrogens with zero attached hydrogens (tertiary/aromatic N) is 2. The van der Waals surface area contributed by atoms with Crippen LogP contribution in [-0.2, 0) is 4.79 Å². The highest BCUT2D eigenvalue weighted by Gasteiger charge is 2.06. The van der Waals surface area contributed by atoms with Gasteiger partial charge < -0.3 is 20.1 Å². The van der Waals surface area contributed by atoms with Gasteiger partial charge in [-0.05, 0) is 24.3 Å². The van der Waals surface area contributed by atoms with Crippen LogP contribution in [0.25, 0.3) is 0 Å². The second-order valence-electron chi connectivity index (χ2n) is 4.18. The van der Waals surface area contributed by atoms with Crippen LogP contribution in [0.5, 0.6) is 11.5 Å². The van der Waals surface area contributed by atoms with Crippen molar-refractivity contribution in [3.05, 3.63) is 30.3 Å². The lowest BCUT2D eigenvalue weighted by Crippen LogP contribution is -2.08. The van der Waals surface area contributed by atoms with Gasteiger partial charge in [-0.25, -0.2) is 0 Å². The van der Waals surface area contributed by atoms with E-state index in [0.717, 1.165) is 5.69 Å². The summed E-state index contributed by atoms with van der Waals surface area (Å²) in [5.74, 6) is 2.07. The van der Waals surface area contributed by atoms with Crippen molar-refractivity contribution in [1.82, 2.24) is 10.2 Å². The first-order valence-corrected chi connectivity index (χ1v) is 6.22. The van der Waals surface area contributed by atoms with Gasteiger partial charge in [0.25, 0.3) is 0 Å². The Morgan fingerprint density at radius 2 is 1.76 bits per heavy atom. The Hall–Kier alpha value is -2.83. The highest BCUT2D eigenvalue weighted by molar-refractivity contribution is 5.87. The molecule has 0 saturated carbocycles. The monoisotopic (exact) mass is 288 g/mol. The summed E-state index contributed by atoms with van der Waals surface area (Å²) in [5, 5.41) is 13.5. The number of ether oxygens (including phenoxy) is 2. The Bertz CT molecular complexity index is 629. The van der Waals surface area contributed by atoms with Crippen LogP contribution in [0, 0.1) is 0 Å². The highest BCUT2D eigenvalue weighted by Crippen LogP contribution is 2.30. The maximum atomic E-state index is 10.9. The predicted octanol–water partition coefficient (Wildman–Crippen LogP) is 2.20. The molecule has 1 amide bonds. The third-order valence-electron chi connectivity index (χ3n) is 2.64. The zero-order valence-corrected chi connectivity index (χ0v) is 12.0. The molecule has 7 nitrogen and oxygen atoms in total. The average Bonchev–Trinajstić information content (AvgIpc) is 2.49. The molecule has 7 heteroatoms. The molecular weight excluding hydrogens is 272 g/mol. The second kappa shape index (κ2) is 6.56. The number of anilines is 3. The lowest BCUT2D eigenvalue weighted by molar-refractivity contribution is -0.114. The Morgan fingerprint density at radius 3 is 2.33 bits per heavy atom. The summed E-state index contributed by atoms with van der Waals surface area (Å²) >= 11 is 0. The fraction of sp³-hybridized carbons (Fsp3) is 0.214. The fourth-order valence-corrected chi connectivity index (χ4v) is 1.69. The fourth-order valence-electron chi connectivity index (χ4n) is 1.69. The van der Waals surface area contributed by atoms with E-state index in [1.54, 1.807) is 32.4 Å². The van der Waals surface area contributed by atoms with Gasteiger partial charge in [0.15, 0.2) is 11.6 Å². The van der Waals surface area contributed by atoms with Gasteiger partial charge in [-0.2, -0.15) is 0 Å². The summed E-state index contributed by atoms with van der Waals surface area (Å²) in [7, 11) is 3.17. The summed E-state index contributed by atoms with van der Waals surface area (Å²) in [5.41, 5.74) is 0.736. The van der Waals surface area contributed by atoms with E-state index >= 15 is 0 Å². The van der Waals surface area contributed by atoms with Gasteiger partial charge in [0, 0.05) is 13.0 Å². The molecule has 0 atom stereocenters. The van der Waals surface area contributed by atoms with Crippen LogP contribution in [-0.4, -0.2) is 30.3 Å². The molecule has 2 rings (SSSR count). The molecule has 2 aromatic rings. The minimum Gasteiger partial charge on any atom is -0.497 e. The van der Waals surface area contributed by atoms with Crippen LogP contribution in [0.2, 0.25) is 0 Å². The molecule has 0 bridgehead atoms. The second-order valence-corrected chi connectivity index (χ2v) is 4.18. The van der Waals surface area contributed by atoms with Gasteiger partial charge in [-0.1, -0.05) is 0 Å². The van der Waals surface area contributed by atoms with Crippen molar-refractivity contribution < 1.29 is 14.3 Å². The van der Waals surface area contributed by atoms with Crippen molar-refractivity contribution in [3.63, 3.8) is 0 Å². The van der Waals surface area contributed by atoms with Gasteiger partial charge >= 0.3 is 0 Å². The molecule has 1 heterocycles. The zero-order chi connectivity index (χ0) is 15.2. The average molecular weight is 288 g/mol. The van der Waals surface area contributed by atoms with Crippen LogP contribution in [0.15, 0.2) is 30.3 Å². The maximum Gasteiger partial charge on any atom is 0.222 e. The molecule has 110 valence electrons. The van der Waals surface area contributed by atoms with Gasteiger partial charge in [-0.3, -0.25) is 4.79 Å². The molecule has 0 saturated heterocycles. The number of hydrogen-bond acceptors (Lipinski definition) is 6. The first-order valence-electron chi connectivity index (χ1n) is 6.22. The number of methoxy groups -OCH3 is 2. The van der Waals surface area contributed by atoms with Crippen molar-refractivity contribution in [2.24, 2.45) is 0 Å². The van der Waals surface area contributed by atoms with Crippen molar-refractivity contribution in [2.45, 2.75) is 6.92 Å².